The van der Waals surface area contributed by atoms with E-state index in [2.05, 4.69) is 15.3 Å². The van der Waals surface area contributed by atoms with Gasteiger partial charge in [0.25, 0.3) is 0 Å². The van der Waals surface area contributed by atoms with Gasteiger partial charge in [-0.25, -0.2) is 9.97 Å². The number of carbonyl (C=O) groups is 1. The van der Waals surface area contributed by atoms with Crippen LogP contribution >= 0.6 is 0 Å². The highest BCUT2D eigenvalue weighted by atomic mass is 16.4. The Kier molecular flexibility index (Phi) is 3.50. The molecule has 1 saturated carbocycles. The number of nitrogens with zero attached hydrogens (tertiary/aromatic N) is 2. The fourth-order valence-electron chi connectivity index (χ4n) is 2.89. The SMILES string of the molecule is O=C(O)C1CCCC1CNc1ncc2ccccc2n1. The number of para-hydroxylation sites is 1. The molecule has 0 radical (unpaired) electrons. The van der Waals surface area contributed by atoms with E-state index in [4.69, 9.17) is 5.11 Å². The van der Waals surface area contributed by atoms with Crippen molar-refractivity contribution in [2.45, 2.75) is 19.3 Å². The van der Waals surface area contributed by atoms with Crippen LogP contribution in [-0.4, -0.2) is 27.6 Å². The number of aromatic nitrogens is 2. The summed E-state index contributed by atoms with van der Waals surface area (Å²) in [6, 6.07) is 7.81. The highest BCUT2D eigenvalue weighted by Gasteiger charge is 2.32. The molecule has 5 heteroatoms. The number of rotatable bonds is 4. The first kappa shape index (κ1) is 12.8. The summed E-state index contributed by atoms with van der Waals surface area (Å²) in [5.41, 5.74) is 0.895. The lowest BCUT2D eigenvalue weighted by Crippen LogP contribution is -2.25. The first-order chi connectivity index (χ1) is 9.74. The largest absolute Gasteiger partial charge is 0.481 e. The van der Waals surface area contributed by atoms with Crippen LogP contribution in [0.1, 0.15) is 19.3 Å². The molecule has 2 atom stereocenters. The summed E-state index contributed by atoms with van der Waals surface area (Å²) in [6.45, 7) is 0.620. The van der Waals surface area contributed by atoms with Gasteiger partial charge in [-0.15, -0.1) is 0 Å². The number of benzene rings is 1. The summed E-state index contributed by atoms with van der Waals surface area (Å²) in [6.07, 6.45) is 4.51. The van der Waals surface area contributed by atoms with Crippen LogP contribution in [0.4, 0.5) is 5.95 Å². The second kappa shape index (κ2) is 5.45. The highest BCUT2D eigenvalue weighted by molar-refractivity contribution is 5.78. The zero-order valence-electron chi connectivity index (χ0n) is 11.1. The molecule has 1 fully saturated rings. The zero-order chi connectivity index (χ0) is 13.9. The third-order valence-electron chi connectivity index (χ3n) is 3.99. The fourth-order valence-corrected chi connectivity index (χ4v) is 2.89. The summed E-state index contributed by atoms with van der Waals surface area (Å²) in [5.74, 6) is -0.181. The maximum atomic E-state index is 11.1. The van der Waals surface area contributed by atoms with Crippen molar-refractivity contribution in [2.75, 3.05) is 11.9 Å². The quantitative estimate of drug-likeness (QED) is 0.893. The molecule has 3 rings (SSSR count). The van der Waals surface area contributed by atoms with Crippen molar-refractivity contribution >= 4 is 22.8 Å². The summed E-state index contributed by atoms with van der Waals surface area (Å²) >= 11 is 0. The van der Waals surface area contributed by atoms with Crippen molar-refractivity contribution in [3.8, 4) is 0 Å². The molecule has 1 aromatic heterocycles. The fraction of sp³-hybridized carbons (Fsp3) is 0.400. The molecule has 2 unspecified atom stereocenters. The number of aliphatic carboxylic acids is 1. The number of hydrogen-bond acceptors (Lipinski definition) is 4. The maximum Gasteiger partial charge on any atom is 0.306 e. The molecule has 1 aliphatic carbocycles. The molecule has 2 N–H and O–H groups in total. The molecule has 104 valence electrons. The number of nitrogens with one attached hydrogen (secondary N) is 1. The minimum Gasteiger partial charge on any atom is -0.481 e. The zero-order valence-corrected chi connectivity index (χ0v) is 11.1. The highest BCUT2D eigenvalue weighted by Crippen LogP contribution is 2.31. The Hall–Kier alpha value is -2.17. The predicted molar refractivity (Wildman–Crippen MR) is 76.5 cm³/mol. The summed E-state index contributed by atoms with van der Waals surface area (Å²) in [5, 5.41) is 13.3. The van der Waals surface area contributed by atoms with Crippen LogP contribution in [-0.2, 0) is 4.79 Å². The van der Waals surface area contributed by atoms with E-state index in [1.165, 1.54) is 0 Å². The van der Waals surface area contributed by atoms with Crippen LogP contribution in [0, 0.1) is 11.8 Å². The van der Waals surface area contributed by atoms with Gasteiger partial charge in [-0.1, -0.05) is 24.6 Å². The average molecular weight is 271 g/mol. The molecular formula is C15H17N3O2. The van der Waals surface area contributed by atoms with Gasteiger partial charge in [0.1, 0.15) is 0 Å². The lowest BCUT2D eigenvalue weighted by Gasteiger charge is -2.16. The molecule has 0 bridgehead atoms. The van der Waals surface area contributed by atoms with Crippen LogP contribution in [0.5, 0.6) is 0 Å². The molecule has 1 aliphatic rings. The van der Waals surface area contributed by atoms with Crippen molar-refractivity contribution in [3.63, 3.8) is 0 Å². The second-order valence-electron chi connectivity index (χ2n) is 5.27. The van der Waals surface area contributed by atoms with Crippen LogP contribution in [0.2, 0.25) is 0 Å². The van der Waals surface area contributed by atoms with Gasteiger partial charge in [0, 0.05) is 18.1 Å². The average Bonchev–Trinajstić information content (AvgIpc) is 2.93. The Labute approximate surface area is 117 Å². The van der Waals surface area contributed by atoms with Gasteiger partial charge in [0.05, 0.1) is 11.4 Å². The molecular weight excluding hydrogens is 254 g/mol. The van der Waals surface area contributed by atoms with Crippen LogP contribution in [0.25, 0.3) is 10.9 Å². The van der Waals surface area contributed by atoms with E-state index in [9.17, 15) is 4.79 Å². The third kappa shape index (κ3) is 2.57. The van der Waals surface area contributed by atoms with E-state index in [-0.39, 0.29) is 11.8 Å². The van der Waals surface area contributed by atoms with E-state index in [1.807, 2.05) is 24.3 Å². The van der Waals surface area contributed by atoms with Gasteiger partial charge in [-0.2, -0.15) is 0 Å². The van der Waals surface area contributed by atoms with Crippen LogP contribution < -0.4 is 5.32 Å². The van der Waals surface area contributed by atoms with E-state index < -0.39 is 5.97 Å². The Bertz CT molecular complexity index is 629. The monoisotopic (exact) mass is 271 g/mol. The van der Waals surface area contributed by atoms with E-state index in [0.29, 0.717) is 12.5 Å². The first-order valence-corrected chi connectivity index (χ1v) is 6.92. The maximum absolute atomic E-state index is 11.1. The van der Waals surface area contributed by atoms with Crippen molar-refractivity contribution in [2.24, 2.45) is 11.8 Å². The van der Waals surface area contributed by atoms with Gasteiger partial charge < -0.3 is 10.4 Å². The van der Waals surface area contributed by atoms with Crippen molar-refractivity contribution in [3.05, 3.63) is 30.5 Å². The van der Waals surface area contributed by atoms with E-state index in [0.717, 1.165) is 30.2 Å². The third-order valence-corrected chi connectivity index (χ3v) is 3.99. The van der Waals surface area contributed by atoms with Crippen LogP contribution in [0.15, 0.2) is 30.5 Å². The summed E-state index contributed by atoms with van der Waals surface area (Å²) in [7, 11) is 0. The molecule has 5 nitrogen and oxygen atoms in total. The van der Waals surface area contributed by atoms with E-state index >= 15 is 0 Å². The predicted octanol–water partition coefficient (Wildman–Crippen LogP) is 2.54. The molecule has 1 aromatic carbocycles. The standard InChI is InChI=1S/C15H17N3O2/c19-14(20)12-6-3-5-10(12)8-16-15-17-9-11-4-1-2-7-13(11)18-15/h1-2,4,7,9-10,12H,3,5-6,8H2,(H,19,20)(H,16,17,18). The lowest BCUT2D eigenvalue weighted by atomic mass is 9.96. The van der Waals surface area contributed by atoms with Gasteiger partial charge in [-0.3, -0.25) is 4.79 Å². The minimum atomic E-state index is -0.686. The van der Waals surface area contributed by atoms with E-state index in [1.54, 1.807) is 6.20 Å². The molecule has 20 heavy (non-hydrogen) atoms. The van der Waals surface area contributed by atoms with Crippen LogP contribution in [0.3, 0.4) is 0 Å². The van der Waals surface area contributed by atoms with Gasteiger partial charge in [0.2, 0.25) is 5.95 Å². The number of hydrogen-bond donors (Lipinski definition) is 2. The molecule has 1 heterocycles. The number of carboxylic acid groups (broad SMARTS) is 1. The number of fused-ring (bicyclic) bond motifs is 1. The van der Waals surface area contributed by atoms with Gasteiger partial charge in [-0.05, 0) is 24.8 Å². The molecule has 0 spiro atoms. The Morgan fingerprint density at radius 2 is 2.20 bits per heavy atom. The number of anilines is 1. The summed E-state index contributed by atoms with van der Waals surface area (Å²) in [4.78, 5) is 19.8. The molecule has 0 amide bonds. The molecule has 2 aromatic rings. The van der Waals surface area contributed by atoms with Gasteiger partial charge >= 0.3 is 5.97 Å². The molecule has 0 aliphatic heterocycles. The van der Waals surface area contributed by atoms with Crippen molar-refractivity contribution < 1.29 is 9.90 Å². The Balaban J connectivity index is 1.69. The normalized spacial score (nSPS) is 22.0. The smallest absolute Gasteiger partial charge is 0.306 e. The Morgan fingerprint density at radius 1 is 1.35 bits per heavy atom. The second-order valence-corrected chi connectivity index (χ2v) is 5.27. The van der Waals surface area contributed by atoms with Crippen molar-refractivity contribution in [1.29, 1.82) is 0 Å². The topological polar surface area (TPSA) is 75.1 Å². The van der Waals surface area contributed by atoms with Gasteiger partial charge in [0.15, 0.2) is 0 Å². The Morgan fingerprint density at radius 3 is 3.05 bits per heavy atom. The molecule has 0 saturated heterocycles. The first-order valence-electron chi connectivity index (χ1n) is 6.92. The summed E-state index contributed by atoms with van der Waals surface area (Å²) < 4.78 is 0. The lowest BCUT2D eigenvalue weighted by molar-refractivity contribution is -0.142. The number of carboxylic acids is 1. The van der Waals surface area contributed by atoms with Crippen molar-refractivity contribution in [1.82, 2.24) is 9.97 Å². The minimum absolute atomic E-state index is 0.169.